The predicted octanol–water partition coefficient (Wildman–Crippen LogP) is 0.733. The van der Waals surface area contributed by atoms with E-state index in [4.69, 9.17) is 0 Å². The van der Waals surface area contributed by atoms with Crippen LogP contribution in [-0.2, 0) is 16.1 Å². The molecule has 2 aromatic rings. The van der Waals surface area contributed by atoms with Gasteiger partial charge in [0.25, 0.3) is 0 Å². The van der Waals surface area contributed by atoms with Gasteiger partial charge in [0.15, 0.2) is 0 Å². The highest BCUT2D eigenvalue weighted by atomic mass is 16.2. The van der Waals surface area contributed by atoms with Crippen LogP contribution >= 0.6 is 0 Å². The van der Waals surface area contributed by atoms with E-state index in [1.165, 1.54) is 0 Å². The molecular formula is C18H23N5O2. The third-order valence-corrected chi connectivity index (χ3v) is 5.08. The van der Waals surface area contributed by atoms with Gasteiger partial charge in [0.1, 0.15) is 11.7 Å². The van der Waals surface area contributed by atoms with Crippen molar-refractivity contribution in [1.82, 2.24) is 25.1 Å². The van der Waals surface area contributed by atoms with E-state index < -0.39 is 5.92 Å². The van der Waals surface area contributed by atoms with Crippen LogP contribution in [0, 0.1) is 5.92 Å². The van der Waals surface area contributed by atoms with Crippen molar-refractivity contribution < 1.29 is 9.59 Å². The Labute approximate surface area is 146 Å². The molecule has 1 atom stereocenters. The maximum atomic E-state index is 12.6. The number of nitrogens with zero attached hydrogens (tertiary/aromatic N) is 3. The van der Waals surface area contributed by atoms with Crippen LogP contribution in [0.1, 0.15) is 18.7 Å². The molecule has 2 amide bonds. The molecule has 25 heavy (non-hydrogen) atoms. The molecule has 4 rings (SSSR count). The molecule has 2 aliphatic heterocycles. The number of fused-ring (bicyclic) bond motifs is 1. The summed E-state index contributed by atoms with van der Waals surface area (Å²) in [5.74, 6) is 0.338. The average molecular weight is 341 g/mol. The van der Waals surface area contributed by atoms with Gasteiger partial charge in [-0.15, -0.1) is 0 Å². The fourth-order valence-corrected chi connectivity index (χ4v) is 3.65. The largest absolute Gasteiger partial charge is 0.355 e. The standard InChI is InChI=1S/C18H23N5O2/c24-17-13(4-3-7-19-17)18(25)23-10-8-22(9-11-23)12-16-20-14-5-1-2-6-15(14)21-16/h1-2,5-6,13H,3-4,7-12H2,(H,19,24)(H,20,21). The molecule has 132 valence electrons. The number of hydrogen-bond acceptors (Lipinski definition) is 4. The van der Waals surface area contributed by atoms with E-state index in [-0.39, 0.29) is 11.8 Å². The summed E-state index contributed by atoms with van der Waals surface area (Å²) < 4.78 is 0. The summed E-state index contributed by atoms with van der Waals surface area (Å²) in [6.45, 7) is 4.38. The number of carbonyl (C=O) groups excluding carboxylic acids is 2. The second-order valence-electron chi connectivity index (χ2n) is 6.79. The van der Waals surface area contributed by atoms with Crippen LogP contribution in [-0.4, -0.2) is 64.3 Å². The van der Waals surface area contributed by atoms with Gasteiger partial charge in [0.2, 0.25) is 11.8 Å². The normalized spacial score (nSPS) is 22.2. The number of amides is 2. The molecule has 2 saturated heterocycles. The number of imidazole rings is 1. The van der Waals surface area contributed by atoms with Gasteiger partial charge < -0.3 is 15.2 Å². The van der Waals surface area contributed by atoms with E-state index >= 15 is 0 Å². The van der Waals surface area contributed by atoms with E-state index in [0.717, 1.165) is 42.9 Å². The van der Waals surface area contributed by atoms with E-state index in [1.807, 2.05) is 29.2 Å². The van der Waals surface area contributed by atoms with Crippen molar-refractivity contribution in [1.29, 1.82) is 0 Å². The van der Waals surface area contributed by atoms with Crippen LogP contribution in [0.3, 0.4) is 0 Å². The van der Waals surface area contributed by atoms with Crippen molar-refractivity contribution in [3.8, 4) is 0 Å². The second kappa shape index (κ2) is 6.84. The zero-order chi connectivity index (χ0) is 17.2. The quantitative estimate of drug-likeness (QED) is 0.807. The number of para-hydroxylation sites is 2. The Balaban J connectivity index is 1.33. The first-order valence-corrected chi connectivity index (χ1v) is 8.93. The van der Waals surface area contributed by atoms with Crippen LogP contribution < -0.4 is 5.32 Å². The Hall–Kier alpha value is -2.41. The molecule has 0 saturated carbocycles. The zero-order valence-corrected chi connectivity index (χ0v) is 14.2. The second-order valence-corrected chi connectivity index (χ2v) is 6.79. The Morgan fingerprint density at radius 2 is 2.00 bits per heavy atom. The van der Waals surface area contributed by atoms with Crippen molar-refractivity contribution >= 4 is 22.8 Å². The number of rotatable bonds is 3. The fraction of sp³-hybridized carbons (Fsp3) is 0.500. The lowest BCUT2D eigenvalue weighted by atomic mass is 9.97. The Morgan fingerprint density at radius 1 is 1.20 bits per heavy atom. The lowest BCUT2D eigenvalue weighted by Gasteiger charge is -2.36. The zero-order valence-electron chi connectivity index (χ0n) is 14.2. The number of nitrogens with one attached hydrogen (secondary N) is 2. The van der Waals surface area contributed by atoms with Crippen LogP contribution in [0.5, 0.6) is 0 Å². The van der Waals surface area contributed by atoms with Gasteiger partial charge in [-0.05, 0) is 25.0 Å². The van der Waals surface area contributed by atoms with Crippen molar-refractivity contribution in [2.75, 3.05) is 32.7 Å². The number of piperidine rings is 1. The van der Waals surface area contributed by atoms with E-state index in [0.29, 0.717) is 26.1 Å². The first-order chi connectivity index (χ1) is 12.2. The number of aromatic nitrogens is 2. The Kier molecular flexibility index (Phi) is 4.40. The van der Waals surface area contributed by atoms with Gasteiger partial charge in [-0.3, -0.25) is 14.5 Å². The number of H-pyrrole nitrogens is 1. The summed E-state index contributed by atoms with van der Waals surface area (Å²) in [5.41, 5.74) is 2.03. The third-order valence-electron chi connectivity index (χ3n) is 5.08. The molecule has 0 spiro atoms. The summed E-state index contributed by atoms with van der Waals surface area (Å²) in [5, 5.41) is 2.80. The molecule has 7 heteroatoms. The van der Waals surface area contributed by atoms with Gasteiger partial charge in [0, 0.05) is 32.7 Å². The summed E-state index contributed by atoms with van der Waals surface area (Å²) in [6.07, 6.45) is 1.55. The maximum Gasteiger partial charge on any atom is 0.235 e. The molecule has 7 nitrogen and oxygen atoms in total. The van der Waals surface area contributed by atoms with Crippen LogP contribution in [0.15, 0.2) is 24.3 Å². The lowest BCUT2D eigenvalue weighted by Crippen LogP contribution is -2.53. The number of piperazine rings is 1. The molecular weight excluding hydrogens is 318 g/mol. The molecule has 0 radical (unpaired) electrons. The first kappa shape index (κ1) is 16.1. The van der Waals surface area contributed by atoms with Gasteiger partial charge in [0.05, 0.1) is 17.6 Å². The van der Waals surface area contributed by atoms with Gasteiger partial charge in [-0.2, -0.15) is 0 Å². The average Bonchev–Trinajstić information content (AvgIpc) is 3.04. The van der Waals surface area contributed by atoms with Crippen molar-refractivity contribution in [2.24, 2.45) is 5.92 Å². The molecule has 2 fully saturated rings. The third kappa shape index (κ3) is 3.37. The number of benzene rings is 1. The minimum absolute atomic E-state index is 0.0133. The predicted molar refractivity (Wildman–Crippen MR) is 93.7 cm³/mol. The molecule has 1 unspecified atom stereocenters. The maximum absolute atomic E-state index is 12.6. The highest BCUT2D eigenvalue weighted by Gasteiger charge is 2.33. The van der Waals surface area contributed by atoms with E-state index in [9.17, 15) is 9.59 Å². The number of carbonyl (C=O) groups is 2. The van der Waals surface area contributed by atoms with E-state index in [1.54, 1.807) is 0 Å². The topological polar surface area (TPSA) is 81.3 Å². The highest BCUT2D eigenvalue weighted by Crippen LogP contribution is 2.17. The van der Waals surface area contributed by atoms with Crippen molar-refractivity contribution in [3.63, 3.8) is 0 Å². The smallest absolute Gasteiger partial charge is 0.235 e. The molecule has 1 aromatic carbocycles. The molecule has 0 bridgehead atoms. The van der Waals surface area contributed by atoms with Gasteiger partial charge in [-0.1, -0.05) is 12.1 Å². The Bertz CT molecular complexity index is 746. The molecule has 1 aromatic heterocycles. The van der Waals surface area contributed by atoms with Crippen LogP contribution in [0.2, 0.25) is 0 Å². The molecule has 2 aliphatic rings. The summed E-state index contributed by atoms with van der Waals surface area (Å²) in [6, 6.07) is 8.01. The van der Waals surface area contributed by atoms with Gasteiger partial charge >= 0.3 is 0 Å². The van der Waals surface area contributed by atoms with Crippen LogP contribution in [0.4, 0.5) is 0 Å². The highest BCUT2D eigenvalue weighted by molar-refractivity contribution is 6.00. The molecule has 0 aliphatic carbocycles. The summed E-state index contributed by atoms with van der Waals surface area (Å²) in [4.78, 5) is 36.6. The van der Waals surface area contributed by atoms with Crippen LogP contribution in [0.25, 0.3) is 11.0 Å². The van der Waals surface area contributed by atoms with Gasteiger partial charge in [-0.25, -0.2) is 4.98 Å². The number of aromatic amines is 1. The molecule has 3 heterocycles. The summed E-state index contributed by atoms with van der Waals surface area (Å²) in [7, 11) is 0. The monoisotopic (exact) mass is 341 g/mol. The number of hydrogen-bond donors (Lipinski definition) is 2. The lowest BCUT2D eigenvalue weighted by molar-refractivity contribution is -0.144. The van der Waals surface area contributed by atoms with E-state index in [2.05, 4.69) is 20.2 Å². The first-order valence-electron chi connectivity index (χ1n) is 8.93. The van der Waals surface area contributed by atoms with Crippen molar-refractivity contribution in [2.45, 2.75) is 19.4 Å². The SMILES string of the molecule is O=C1NCCCC1C(=O)N1CCN(Cc2nc3ccccc3[nH]2)CC1. The Morgan fingerprint density at radius 3 is 2.76 bits per heavy atom. The summed E-state index contributed by atoms with van der Waals surface area (Å²) >= 11 is 0. The fourth-order valence-electron chi connectivity index (χ4n) is 3.65. The minimum Gasteiger partial charge on any atom is -0.355 e. The van der Waals surface area contributed by atoms with Crippen molar-refractivity contribution in [3.05, 3.63) is 30.1 Å². The molecule has 2 N–H and O–H groups in total. The minimum atomic E-state index is -0.490.